The molecule has 0 amide bonds. The molecule has 1 aromatic heterocycles. The van der Waals surface area contributed by atoms with Crippen LogP contribution in [0.15, 0.2) is 16.5 Å². The molecule has 0 bridgehead atoms. The standard InChI is InChI=1S/C10H18N2O/c1-8(6-11-3)12-7-10-5-4-9(2)13-10/h4-5,8,11-12H,6-7H2,1-3H3. The van der Waals surface area contributed by atoms with E-state index in [0.717, 1.165) is 24.6 Å². The van der Waals surface area contributed by atoms with Crippen LogP contribution in [0, 0.1) is 6.92 Å². The number of nitrogens with one attached hydrogen (secondary N) is 2. The molecule has 0 saturated heterocycles. The first kappa shape index (κ1) is 10.3. The summed E-state index contributed by atoms with van der Waals surface area (Å²) >= 11 is 0. The molecule has 0 aromatic carbocycles. The van der Waals surface area contributed by atoms with Crippen molar-refractivity contribution >= 4 is 0 Å². The fourth-order valence-electron chi connectivity index (χ4n) is 1.23. The van der Waals surface area contributed by atoms with Gasteiger partial charge in [-0.3, -0.25) is 0 Å². The predicted octanol–water partition coefficient (Wildman–Crippen LogP) is 1.29. The van der Waals surface area contributed by atoms with E-state index in [9.17, 15) is 0 Å². The lowest BCUT2D eigenvalue weighted by Gasteiger charge is -2.11. The number of aryl methyl sites for hydroxylation is 1. The van der Waals surface area contributed by atoms with Gasteiger partial charge in [-0.2, -0.15) is 0 Å². The minimum Gasteiger partial charge on any atom is -0.465 e. The normalized spacial score (nSPS) is 13.2. The summed E-state index contributed by atoms with van der Waals surface area (Å²) in [4.78, 5) is 0. The molecular formula is C10H18N2O. The fraction of sp³-hybridized carbons (Fsp3) is 0.600. The average Bonchev–Trinajstić information content (AvgIpc) is 2.49. The smallest absolute Gasteiger partial charge is 0.117 e. The molecule has 1 atom stereocenters. The van der Waals surface area contributed by atoms with Gasteiger partial charge in [0.1, 0.15) is 11.5 Å². The van der Waals surface area contributed by atoms with Crippen LogP contribution < -0.4 is 10.6 Å². The largest absolute Gasteiger partial charge is 0.465 e. The van der Waals surface area contributed by atoms with Gasteiger partial charge in [-0.25, -0.2) is 0 Å². The van der Waals surface area contributed by atoms with E-state index in [1.807, 2.05) is 26.1 Å². The number of hydrogen-bond donors (Lipinski definition) is 2. The predicted molar refractivity (Wildman–Crippen MR) is 53.7 cm³/mol. The van der Waals surface area contributed by atoms with E-state index in [2.05, 4.69) is 17.6 Å². The minimum atomic E-state index is 0.468. The Bertz CT molecular complexity index is 245. The van der Waals surface area contributed by atoms with E-state index in [0.29, 0.717) is 6.04 Å². The molecule has 2 N–H and O–H groups in total. The molecule has 1 aromatic rings. The van der Waals surface area contributed by atoms with Crippen LogP contribution in [-0.4, -0.2) is 19.6 Å². The van der Waals surface area contributed by atoms with Crippen LogP contribution in [0.1, 0.15) is 18.4 Å². The van der Waals surface area contributed by atoms with E-state index in [4.69, 9.17) is 4.42 Å². The SMILES string of the molecule is CNCC(C)NCc1ccc(C)o1. The summed E-state index contributed by atoms with van der Waals surface area (Å²) in [6.07, 6.45) is 0. The van der Waals surface area contributed by atoms with Gasteiger partial charge in [-0.05, 0) is 33.0 Å². The van der Waals surface area contributed by atoms with Crippen LogP contribution in [0.4, 0.5) is 0 Å². The Morgan fingerprint density at radius 2 is 2.23 bits per heavy atom. The first-order chi connectivity index (χ1) is 6.22. The Morgan fingerprint density at radius 1 is 1.46 bits per heavy atom. The van der Waals surface area contributed by atoms with Crippen molar-refractivity contribution in [1.29, 1.82) is 0 Å². The van der Waals surface area contributed by atoms with Crippen LogP contribution >= 0.6 is 0 Å². The number of furan rings is 1. The fourth-order valence-corrected chi connectivity index (χ4v) is 1.23. The molecule has 3 heteroatoms. The van der Waals surface area contributed by atoms with Gasteiger partial charge in [-0.15, -0.1) is 0 Å². The maximum atomic E-state index is 5.43. The monoisotopic (exact) mass is 182 g/mol. The zero-order chi connectivity index (χ0) is 9.68. The van der Waals surface area contributed by atoms with Gasteiger partial charge in [0.2, 0.25) is 0 Å². The van der Waals surface area contributed by atoms with Crippen molar-refractivity contribution in [2.75, 3.05) is 13.6 Å². The molecule has 0 fully saturated rings. The Kier molecular flexibility index (Phi) is 3.99. The molecule has 3 nitrogen and oxygen atoms in total. The highest BCUT2D eigenvalue weighted by Crippen LogP contribution is 2.05. The zero-order valence-corrected chi connectivity index (χ0v) is 8.55. The zero-order valence-electron chi connectivity index (χ0n) is 8.55. The summed E-state index contributed by atoms with van der Waals surface area (Å²) in [7, 11) is 1.95. The van der Waals surface area contributed by atoms with Crippen LogP contribution in [-0.2, 0) is 6.54 Å². The molecule has 0 saturated carbocycles. The number of hydrogen-bond acceptors (Lipinski definition) is 3. The van der Waals surface area contributed by atoms with E-state index < -0.39 is 0 Å². The van der Waals surface area contributed by atoms with Crippen molar-refractivity contribution in [3.8, 4) is 0 Å². The Morgan fingerprint density at radius 3 is 2.77 bits per heavy atom. The van der Waals surface area contributed by atoms with Crippen molar-refractivity contribution in [2.24, 2.45) is 0 Å². The average molecular weight is 182 g/mol. The Hall–Kier alpha value is -0.800. The van der Waals surface area contributed by atoms with Crippen molar-refractivity contribution in [1.82, 2.24) is 10.6 Å². The summed E-state index contributed by atoms with van der Waals surface area (Å²) in [6.45, 7) is 5.88. The van der Waals surface area contributed by atoms with Gasteiger partial charge >= 0.3 is 0 Å². The first-order valence-electron chi connectivity index (χ1n) is 4.65. The van der Waals surface area contributed by atoms with Crippen LogP contribution in [0.25, 0.3) is 0 Å². The molecule has 1 rings (SSSR count). The maximum absolute atomic E-state index is 5.43. The molecule has 0 aliphatic carbocycles. The molecule has 1 unspecified atom stereocenters. The topological polar surface area (TPSA) is 37.2 Å². The highest BCUT2D eigenvalue weighted by molar-refractivity contribution is 5.05. The third kappa shape index (κ3) is 3.61. The summed E-state index contributed by atoms with van der Waals surface area (Å²) in [5, 5.41) is 6.47. The van der Waals surface area contributed by atoms with Crippen LogP contribution in [0.2, 0.25) is 0 Å². The quantitative estimate of drug-likeness (QED) is 0.720. The second kappa shape index (κ2) is 5.04. The van der Waals surface area contributed by atoms with Crippen molar-refractivity contribution < 1.29 is 4.42 Å². The molecule has 0 spiro atoms. The lowest BCUT2D eigenvalue weighted by atomic mass is 10.3. The Balaban J connectivity index is 2.26. The highest BCUT2D eigenvalue weighted by atomic mass is 16.3. The molecule has 74 valence electrons. The lowest BCUT2D eigenvalue weighted by Crippen LogP contribution is -2.34. The van der Waals surface area contributed by atoms with E-state index in [-0.39, 0.29) is 0 Å². The van der Waals surface area contributed by atoms with Gasteiger partial charge < -0.3 is 15.1 Å². The van der Waals surface area contributed by atoms with Gasteiger partial charge in [0.25, 0.3) is 0 Å². The summed E-state index contributed by atoms with van der Waals surface area (Å²) in [6, 6.07) is 4.46. The maximum Gasteiger partial charge on any atom is 0.117 e. The van der Waals surface area contributed by atoms with Crippen molar-refractivity contribution in [3.05, 3.63) is 23.7 Å². The first-order valence-corrected chi connectivity index (χ1v) is 4.65. The second-order valence-electron chi connectivity index (χ2n) is 3.35. The van der Waals surface area contributed by atoms with E-state index in [1.54, 1.807) is 0 Å². The molecule has 0 radical (unpaired) electrons. The molecular weight excluding hydrogens is 164 g/mol. The molecule has 0 aliphatic heterocycles. The van der Waals surface area contributed by atoms with E-state index in [1.165, 1.54) is 0 Å². The Labute approximate surface area is 79.5 Å². The third-order valence-electron chi connectivity index (χ3n) is 1.93. The van der Waals surface area contributed by atoms with E-state index >= 15 is 0 Å². The molecule has 13 heavy (non-hydrogen) atoms. The van der Waals surface area contributed by atoms with Crippen LogP contribution in [0.3, 0.4) is 0 Å². The summed E-state index contributed by atoms with van der Waals surface area (Å²) < 4.78 is 5.43. The number of rotatable bonds is 5. The highest BCUT2D eigenvalue weighted by Gasteiger charge is 2.01. The van der Waals surface area contributed by atoms with Crippen LogP contribution in [0.5, 0.6) is 0 Å². The van der Waals surface area contributed by atoms with Crippen molar-refractivity contribution in [3.63, 3.8) is 0 Å². The van der Waals surface area contributed by atoms with Gasteiger partial charge in [0.15, 0.2) is 0 Å². The van der Waals surface area contributed by atoms with Gasteiger partial charge in [0, 0.05) is 12.6 Å². The molecule has 0 aliphatic rings. The second-order valence-corrected chi connectivity index (χ2v) is 3.35. The summed E-state index contributed by atoms with van der Waals surface area (Å²) in [5.41, 5.74) is 0. The van der Waals surface area contributed by atoms with Gasteiger partial charge in [0.05, 0.1) is 6.54 Å². The van der Waals surface area contributed by atoms with Crippen molar-refractivity contribution in [2.45, 2.75) is 26.4 Å². The molecule has 1 heterocycles. The lowest BCUT2D eigenvalue weighted by molar-refractivity contribution is 0.435. The summed E-state index contributed by atoms with van der Waals surface area (Å²) in [5.74, 6) is 1.97. The van der Waals surface area contributed by atoms with Gasteiger partial charge in [-0.1, -0.05) is 0 Å². The minimum absolute atomic E-state index is 0.468. The third-order valence-corrected chi connectivity index (χ3v) is 1.93. The number of likely N-dealkylation sites (N-methyl/N-ethyl adjacent to an activating group) is 1.